The standard InChI is InChI=1S/C27H25FN2O3/c1-3-20-9-6-8-12-24(20)30-27(31)22(17-29)15-19-13-14-25(26(16-19)32-4-2)33-18-21-10-5-7-11-23(21)28/h5-16H,3-4,18H2,1-2H3,(H,30,31)/b22-15+. The molecule has 0 atom stereocenters. The van der Waals surface area contributed by atoms with Gasteiger partial charge in [0.05, 0.1) is 6.61 Å². The van der Waals surface area contributed by atoms with E-state index in [0.29, 0.717) is 34.9 Å². The number of ether oxygens (including phenoxy) is 2. The van der Waals surface area contributed by atoms with Crippen LogP contribution in [-0.4, -0.2) is 12.5 Å². The van der Waals surface area contributed by atoms with Gasteiger partial charge in [0.1, 0.15) is 24.1 Å². The van der Waals surface area contributed by atoms with Gasteiger partial charge in [-0.1, -0.05) is 49.4 Å². The second-order valence-electron chi connectivity index (χ2n) is 7.15. The quantitative estimate of drug-likeness (QED) is 0.329. The van der Waals surface area contributed by atoms with Crippen molar-refractivity contribution >= 4 is 17.7 Å². The number of benzene rings is 3. The Morgan fingerprint density at radius 3 is 2.42 bits per heavy atom. The minimum Gasteiger partial charge on any atom is -0.490 e. The van der Waals surface area contributed by atoms with E-state index in [4.69, 9.17) is 9.47 Å². The predicted molar refractivity (Wildman–Crippen MR) is 126 cm³/mol. The SMILES string of the molecule is CCOc1cc(/C=C(\C#N)C(=O)Nc2ccccc2CC)ccc1OCc1ccccc1F. The zero-order valence-electron chi connectivity index (χ0n) is 18.6. The summed E-state index contributed by atoms with van der Waals surface area (Å²) >= 11 is 0. The summed E-state index contributed by atoms with van der Waals surface area (Å²) in [6.07, 6.45) is 2.25. The van der Waals surface area contributed by atoms with Crippen molar-refractivity contribution in [1.29, 1.82) is 5.26 Å². The first kappa shape index (κ1) is 23.6. The molecule has 0 saturated carbocycles. The molecule has 0 heterocycles. The second kappa shape index (κ2) is 11.5. The molecular formula is C27H25FN2O3. The third-order valence-electron chi connectivity index (χ3n) is 4.93. The van der Waals surface area contributed by atoms with Crippen molar-refractivity contribution in [1.82, 2.24) is 0 Å². The number of aryl methyl sites for hydroxylation is 1. The number of carbonyl (C=O) groups excluding carboxylic acids is 1. The van der Waals surface area contributed by atoms with Crippen molar-refractivity contribution < 1.29 is 18.7 Å². The van der Waals surface area contributed by atoms with Crippen LogP contribution in [0.25, 0.3) is 6.08 Å². The molecule has 0 aliphatic rings. The van der Waals surface area contributed by atoms with E-state index in [1.807, 2.05) is 38.1 Å². The van der Waals surface area contributed by atoms with Gasteiger partial charge in [0, 0.05) is 11.3 Å². The summed E-state index contributed by atoms with van der Waals surface area (Å²) in [6.45, 7) is 4.27. The summed E-state index contributed by atoms with van der Waals surface area (Å²) in [5.74, 6) is 0.0503. The van der Waals surface area contributed by atoms with Crippen molar-refractivity contribution in [3.63, 3.8) is 0 Å². The number of rotatable bonds is 9. The third kappa shape index (κ3) is 6.20. The highest BCUT2D eigenvalue weighted by molar-refractivity contribution is 6.10. The molecular weight excluding hydrogens is 419 g/mol. The maximum absolute atomic E-state index is 13.9. The van der Waals surface area contributed by atoms with Crippen molar-refractivity contribution in [3.05, 3.63) is 94.8 Å². The molecule has 5 nitrogen and oxygen atoms in total. The molecule has 0 unspecified atom stereocenters. The van der Waals surface area contributed by atoms with Gasteiger partial charge in [0.25, 0.3) is 5.91 Å². The number of nitrogens with one attached hydrogen (secondary N) is 1. The minimum atomic E-state index is -0.490. The Bertz CT molecular complexity index is 1200. The number of nitrogens with zero attached hydrogens (tertiary/aromatic N) is 1. The molecule has 0 bridgehead atoms. The normalized spacial score (nSPS) is 10.9. The van der Waals surface area contributed by atoms with E-state index in [2.05, 4.69) is 5.32 Å². The van der Waals surface area contributed by atoms with Gasteiger partial charge in [-0.15, -0.1) is 0 Å². The van der Waals surface area contributed by atoms with Gasteiger partial charge >= 0.3 is 0 Å². The zero-order valence-corrected chi connectivity index (χ0v) is 18.6. The average molecular weight is 445 g/mol. The summed E-state index contributed by atoms with van der Waals surface area (Å²) in [4.78, 5) is 12.7. The fourth-order valence-corrected chi connectivity index (χ4v) is 3.23. The molecule has 168 valence electrons. The molecule has 0 saturated heterocycles. The first-order chi connectivity index (χ1) is 16.0. The van der Waals surface area contributed by atoms with Crippen LogP contribution < -0.4 is 14.8 Å². The topological polar surface area (TPSA) is 71.3 Å². The Labute approximate surface area is 193 Å². The van der Waals surface area contributed by atoms with E-state index in [1.54, 1.807) is 42.5 Å². The predicted octanol–water partition coefficient (Wildman–Crippen LogP) is 5.91. The van der Waals surface area contributed by atoms with Crippen molar-refractivity contribution in [3.8, 4) is 17.6 Å². The molecule has 33 heavy (non-hydrogen) atoms. The van der Waals surface area contributed by atoms with Crippen molar-refractivity contribution in [2.24, 2.45) is 0 Å². The van der Waals surface area contributed by atoms with Gasteiger partial charge in [-0.2, -0.15) is 5.26 Å². The lowest BCUT2D eigenvalue weighted by atomic mass is 10.1. The third-order valence-corrected chi connectivity index (χ3v) is 4.93. The summed E-state index contributed by atoms with van der Waals surface area (Å²) in [5.41, 5.74) is 2.66. The number of amides is 1. The van der Waals surface area contributed by atoms with Crippen LogP contribution in [-0.2, 0) is 17.8 Å². The zero-order chi connectivity index (χ0) is 23.6. The number of nitriles is 1. The highest BCUT2D eigenvalue weighted by Crippen LogP contribution is 2.30. The highest BCUT2D eigenvalue weighted by Gasteiger charge is 2.13. The Kier molecular flexibility index (Phi) is 8.20. The molecule has 0 spiro atoms. The fraction of sp³-hybridized carbons (Fsp3) is 0.185. The molecule has 6 heteroatoms. The molecule has 0 radical (unpaired) electrons. The molecule has 1 N–H and O–H groups in total. The van der Waals surface area contributed by atoms with Crippen LogP contribution in [0.3, 0.4) is 0 Å². The molecule has 0 aliphatic carbocycles. The summed E-state index contributed by atoms with van der Waals surface area (Å²) < 4.78 is 25.3. The van der Waals surface area contributed by atoms with Crippen LogP contribution in [0, 0.1) is 17.1 Å². The minimum absolute atomic E-state index is 0.0385. The Balaban J connectivity index is 1.80. The highest BCUT2D eigenvalue weighted by atomic mass is 19.1. The van der Waals surface area contributed by atoms with Crippen LogP contribution in [0.4, 0.5) is 10.1 Å². The fourth-order valence-electron chi connectivity index (χ4n) is 3.23. The summed E-state index contributed by atoms with van der Waals surface area (Å²) in [7, 11) is 0. The number of para-hydroxylation sites is 1. The number of hydrogen-bond acceptors (Lipinski definition) is 4. The number of halogens is 1. The number of hydrogen-bond donors (Lipinski definition) is 1. The van der Waals surface area contributed by atoms with E-state index < -0.39 is 5.91 Å². The van der Waals surface area contributed by atoms with Crippen LogP contribution in [0.5, 0.6) is 11.5 Å². The lowest BCUT2D eigenvalue weighted by Crippen LogP contribution is -2.14. The van der Waals surface area contributed by atoms with E-state index in [9.17, 15) is 14.4 Å². The largest absolute Gasteiger partial charge is 0.490 e. The Morgan fingerprint density at radius 2 is 1.73 bits per heavy atom. The maximum atomic E-state index is 13.9. The second-order valence-corrected chi connectivity index (χ2v) is 7.15. The van der Waals surface area contributed by atoms with Crippen molar-refractivity contribution in [2.45, 2.75) is 26.9 Å². The van der Waals surface area contributed by atoms with E-state index in [1.165, 1.54) is 12.1 Å². The first-order valence-electron chi connectivity index (χ1n) is 10.7. The maximum Gasteiger partial charge on any atom is 0.266 e. The number of carbonyl (C=O) groups is 1. The molecule has 1 amide bonds. The molecule has 0 aromatic heterocycles. The number of anilines is 1. The van der Waals surface area contributed by atoms with E-state index >= 15 is 0 Å². The molecule has 3 aromatic rings. The molecule has 3 aromatic carbocycles. The molecule has 0 aliphatic heterocycles. The van der Waals surface area contributed by atoms with Gasteiger partial charge in [0.2, 0.25) is 0 Å². The van der Waals surface area contributed by atoms with Gasteiger partial charge in [-0.3, -0.25) is 4.79 Å². The Morgan fingerprint density at radius 1 is 1.00 bits per heavy atom. The first-order valence-corrected chi connectivity index (χ1v) is 10.7. The Hall–Kier alpha value is -4.11. The summed E-state index contributed by atoms with van der Waals surface area (Å²) in [6, 6.07) is 20.9. The van der Waals surface area contributed by atoms with Gasteiger partial charge in [0.15, 0.2) is 11.5 Å². The van der Waals surface area contributed by atoms with Crippen LogP contribution in [0.2, 0.25) is 0 Å². The monoisotopic (exact) mass is 444 g/mol. The molecule has 3 rings (SSSR count). The average Bonchev–Trinajstić information content (AvgIpc) is 2.83. The summed E-state index contributed by atoms with van der Waals surface area (Å²) in [5, 5.41) is 12.4. The van der Waals surface area contributed by atoms with Gasteiger partial charge in [-0.05, 0) is 54.8 Å². The van der Waals surface area contributed by atoms with Gasteiger partial charge in [-0.25, -0.2) is 4.39 Å². The smallest absolute Gasteiger partial charge is 0.266 e. The van der Waals surface area contributed by atoms with Crippen LogP contribution in [0.15, 0.2) is 72.3 Å². The van der Waals surface area contributed by atoms with Crippen molar-refractivity contribution in [2.75, 3.05) is 11.9 Å². The van der Waals surface area contributed by atoms with Gasteiger partial charge < -0.3 is 14.8 Å². The van der Waals surface area contributed by atoms with E-state index in [-0.39, 0.29) is 18.0 Å². The van der Waals surface area contributed by atoms with E-state index in [0.717, 1.165) is 12.0 Å². The molecule has 0 fully saturated rings. The van der Waals surface area contributed by atoms with Crippen LogP contribution >= 0.6 is 0 Å². The van der Waals surface area contributed by atoms with Crippen LogP contribution in [0.1, 0.15) is 30.5 Å². The lowest BCUT2D eigenvalue weighted by Gasteiger charge is -2.13. The lowest BCUT2D eigenvalue weighted by molar-refractivity contribution is -0.112.